The molecule has 1 aromatic heterocycles. The Kier molecular flexibility index (Phi) is 4.69. The van der Waals surface area contributed by atoms with E-state index in [1.165, 1.54) is 7.11 Å². The molecule has 0 fully saturated rings. The first-order valence-corrected chi connectivity index (χ1v) is 5.86. The van der Waals surface area contributed by atoms with Gasteiger partial charge in [0.1, 0.15) is 5.54 Å². The first-order valence-electron chi connectivity index (χ1n) is 5.86. The van der Waals surface area contributed by atoms with Crippen LogP contribution in [0.3, 0.4) is 0 Å². The molecule has 1 N–H and O–H groups in total. The predicted molar refractivity (Wildman–Crippen MR) is 65.7 cm³/mol. The molecule has 1 rings (SSSR count). The van der Waals surface area contributed by atoms with Crippen molar-refractivity contribution in [2.45, 2.75) is 38.8 Å². The SMILES string of the molecule is CCNC(C)(CC(C)n1cccn1)C(=O)OC. The van der Waals surface area contributed by atoms with Crippen LogP contribution >= 0.6 is 0 Å². The van der Waals surface area contributed by atoms with Crippen LogP contribution in [-0.4, -0.2) is 34.9 Å². The summed E-state index contributed by atoms with van der Waals surface area (Å²) in [5.74, 6) is -0.238. The number of esters is 1. The van der Waals surface area contributed by atoms with E-state index in [0.717, 1.165) is 6.54 Å². The topological polar surface area (TPSA) is 56.2 Å². The molecule has 0 aliphatic rings. The Bertz CT molecular complexity index is 351. The number of rotatable bonds is 6. The van der Waals surface area contributed by atoms with Crippen molar-refractivity contribution in [1.82, 2.24) is 15.1 Å². The van der Waals surface area contributed by atoms with Gasteiger partial charge in [0.15, 0.2) is 0 Å². The number of nitrogens with one attached hydrogen (secondary N) is 1. The first-order chi connectivity index (χ1) is 8.03. The molecular weight excluding hydrogens is 218 g/mol. The lowest BCUT2D eigenvalue weighted by atomic mass is 9.93. The normalized spacial score (nSPS) is 16.2. The van der Waals surface area contributed by atoms with Crippen molar-refractivity contribution in [1.29, 1.82) is 0 Å². The highest BCUT2D eigenvalue weighted by atomic mass is 16.5. The maximum Gasteiger partial charge on any atom is 0.325 e. The van der Waals surface area contributed by atoms with Gasteiger partial charge >= 0.3 is 5.97 Å². The molecule has 2 unspecified atom stereocenters. The third-order valence-electron chi connectivity index (χ3n) is 2.88. The van der Waals surface area contributed by atoms with Crippen molar-refractivity contribution in [2.75, 3.05) is 13.7 Å². The molecule has 0 amide bonds. The molecule has 0 bridgehead atoms. The van der Waals surface area contributed by atoms with Crippen LogP contribution in [0.25, 0.3) is 0 Å². The lowest BCUT2D eigenvalue weighted by Crippen LogP contribution is -2.51. The molecule has 0 aliphatic heterocycles. The van der Waals surface area contributed by atoms with Crippen molar-refractivity contribution in [3.05, 3.63) is 18.5 Å². The predicted octanol–water partition coefficient (Wildman–Crippen LogP) is 1.38. The highest BCUT2D eigenvalue weighted by Gasteiger charge is 2.35. The molecule has 17 heavy (non-hydrogen) atoms. The number of methoxy groups -OCH3 is 1. The van der Waals surface area contributed by atoms with Gasteiger partial charge in [0.05, 0.1) is 13.2 Å². The largest absolute Gasteiger partial charge is 0.468 e. The summed E-state index contributed by atoms with van der Waals surface area (Å²) in [4.78, 5) is 11.8. The number of carbonyl (C=O) groups is 1. The van der Waals surface area contributed by atoms with Crippen molar-refractivity contribution in [2.24, 2.45) is 0 Å². The van der Waals surface area contributed by atoms with E-state index in [2.05, 4.69) is 10.4 Å². The highest BCUT2D eigenvalue weighted by molar-refractivity contribution is 5.80. The van der Waals surface area contributed by atoms with E-state index < -0.39 is 5.54 Å². The number of nitrogens with zero attached hydrogens (tertiary/aromatic N) is 2. The monoisotopic (exact) mass is 239 g/mol. The lowest BCUT2D eigenvalue weighted by Gasteiger charge is -2.30. The zero-order valence-electron chi connectivity index (χ0n) is 10.9. The molecule has 0 aromatic carbocycles. The Hall–Kier alpha value is -1.36. The second kappa shape index (κ2) is 5.82. The summed E-state index contributed by atoms with van der Waals surface area (Å²) >= 11 is 0. The van der Waals surface area contributed by atoms with Gasteiger partial charge in [-0.05, 0) is 32.9 Å². The van der Waals surface area contributed by atoms with Crippen molar-refractivity contribution < 1.29 is 9.53 Å². The number of likely N-dealkylation sites (N-methyl/N-ethyl adjacent to an activating group) is 1. The van der Waals surface area contributed by atoms with Gasteiger partial charge in [0.2, 0.25) is 0 Å². The van der Waals surface area contributed by atoms with Gasteiger partial charge in [0, 0.05) is 12.4 Å². The molecule has 2 atom stereocenters. The van der Waals surface area contributed by atoms with Gasteiger partial charge in [-0.2, -0.15) is 5.10 Å². The van der Waals surface area contributed by atoms with E-state index in [0.29, 0.717) is 6.42 Å². The summed E-state index contributed by atoms with van der Waals surface area (Å²) in [6.45, 7) is 6.59. The summed E-state index contributed by atoms with van der Waals surface area (Å²) in [6, 6.07) is 2.01. The van der Waals surface area contributed by atoms with Gasteiger partial charge in [-0.3, -0.25) is 9.48 Å². The first kappa shape index (κ1) is 13.7. The fourth-order valence-corrected chi connectivity index (χ4v) is 2.07. The minimum atomic E-state index is -0.672. The van der Waals surface area contributed by atoms with Crippen LogP contribution in [0.15, 0.2) is 18.5 Å². The molecule has 0 saturated carbocycles. The summed E-state index contributed by atoms with van der Waals surface area (Å²) in [5, 5.41) is 7.37. The molecule has 96 valence electrons. The minimum absolute atomic E-state index is 0.133. The van der Waals surface area contributed by atoms with Crippen LogP contribution in [0.1, 0.15) is 33.2 Å². The summed E-state index contributed by atoms with van der Waals surface area (Å²) in [7, 11) is 1.41. The number of ether oxygens (including phenoxy) is 1. The molecule has 0 radical (unpaired) electrons. The van der Waals surface area contributed by atoms with Crippen LogP contribution in [0.2, 0.25) is 0 Å². The molecule has 5 nitrogen and oxygen atoms in total. The van der Waals surface area contributed by atoms with Crippen molar-refractivity contribution >= 4 is 5.97 Å². The van der Waals surface area contributed by atoms with Crippen molar-refractivity contribution in [3.63, 3.8) is 0 Å². The quantitative estimate of drug-likeness (QED) is 0.762. The second-order valence-corrected chi connectivity index (χ2v) is 4.39. The van der Waals surface area contributed by atoms with Gasteiger partial charge in [-0.1, -0.05) is 6.92 Å². The Labute approximate surface area is 102 Å². The number of aromatic nitrogens is 2. The van der Waals surface area contributed by atoms with Crippen molar-refractivity contribution in [3.8, 4) is 0 Å². The third kappa shape index (κ3) is 3.30. The number of hydrogen-bond acceptors (Lipinski definition) is 4. The number of carbonyl (C=O) groups excluding carboxylic acids is 1. The van der Waals surface area contributed by atoms with E-state index in [1.807, 2.05) is 37.7 Å². The Balaban J connectivity index is 2.76. The summed E-state index contributed by atoms with van der Waals surface area (Å²) in [5.41, 5.74) is -0.672. The Morgan fingerprint density at radius 3 is 2.82 bits per heavy atom. The van der Waals surface area contributed by atoms with E-state index >= 15 is 0 Å². The fourth-order valence-electron chi connectivity index (χ4n) is 2.07. The molecule has 1 heterocycles. The highest BCUT2D eigenvalue weighted by Crippen LogP contribution is 2.21. The second-order valence-electron chi connectivity index (χ2n) is 4.39. The number of hydrogen-bond donors (Lipinski definition) is 1. The standard InChI is InChI=1S/C12H21N3O2/c1-5-13-12(3,11(16)17-4)9-10(2)15-8-6-7-14-15/h6-8,10,13H,5,9H2,1-4H3. The Morgan fingerprint density at radius 1 is 1.65 bits per heavy atom. The molecule has 1 aromatic rings. The zero-order valence-corrected chi connectivity index (χ0v) is 10.9. The van der Waals surface area contributed by atoms with Crippen LogP contribution in [-0.2, 0) is 9.53 Å². The van der Waals surface area contributed by atoms with Crippen LogP contribution in [0.4, 0.5) is 0 Å². The van der Waals surface area contributed by atoms with Gasteiger partial charge in [-0.25, -0.2) is 0 Å². The van der Waals surface area contributed by atoms with Crippen LogP contribution in [0, 0.1) is 0 Å². The molecule has 0 aliphatic carbocycles. The summed E-state index contributed by atoms with van der Waals surface area (Å²) in [6.07, 6.45) is 4.27. The molecule has 0 saturated heterocycles. The Morgan fingerprint density at radius 2 is 2.35 bits per heavy atom. The smallest absolute Gasteiger partial charge is 0.325 e. The minimum Gasteiger partial charge on any atom is -0.468 e. The third-order valence-corrected chi connectivity index (χ3v) is 2.88. The van der Waals surface area contributed by atoms with Gasteiger partial charge < -0.3 is 10.1 Å². The van der Waals surface area contributed by atoms with Crippen LogP contribution in [0.5, 0.6) is 0 Å². The zero-order chi connectivity index (χ0) is 12.9. The lowest BCUT2D eigenvalue weighted by molar-refractivity contribution is -0.148. The van der Waals surface area contributed by atoms with E-state index in [4.69, 9.17) is 4.74 Å². The van der Waals surface area contributed by atoms with Gasteiger partial charge in [0.25, 0.3) is 0 Å². The fraction of sp³-hybridized carbons (Fsp3) is 0.667. The molecule has 5 heteroatoms. The summed E-state index contributed by atoms with van der Waals surface area (Å²) < 4.78 is 6.70. The van der Waals surface area contributed by atoms with E-state index in [9.17, 15) is 4.79 Å². The van der Waals surface area contributed by atoms with Gasteiger partial charge in [-0.15, -0.1) is 0 Å². The molecule has 0 spiro atoms. The molecular formula is C12H21N3O2. The maximum absolute atomic E-state index is 11.8. The van der Waals surface area contributed by atoms with E-state index in [1.54, 1.807) is 6.20 Å². The average molecular weight is 239 g/mol. The van der Waals surface area contributed by atoms with E-state index in [-0.39, 0.29) is 12.0 Å². The maximum atomic E-state index is 11.8. The van der Waals surface area contributed by atoms with Crippen LogP contribution < -0.4 is 5.32 Å². The average Bonchev–Trinajstić information content (AvgIpc) is 2.81.